The highest BCUT2D eigenvalue weighted by atomic mass is 19.1. The second-order valence-corrected chi connectivity index (χ2v) is 9.79. The first-order chi connectivity index (χ1) is 16.9. The Morgan fingerprint density at radius 3 is 2.60 bits per heavy atom. The Morgan fingerprint density at radius 1 is 1.06 bits per heavy atom. The van der Waals surface area contributed by atoms with Crippen LogP contribution in [0.15, 0.2) is 60.7 Å². The van der Waals surface area contributed by atoms with E-state index in [2.05, 4.69) is 6.07 Å². The van der Waals surface area contributed by atoms with E-state index < -0.39 is 23.0 Å². The lowest BCUT2D eigenvalue weighted by molar-refractivity contribution is -0.131. The van der Waals surface area contributed by atoms with Crippen LogP contribution in [0.1, 0.15) is 31.7 Å². The van der Waals surface area contributed by atoms with Gasteiger partial charge in [-0.05, 0) is 44.0 Å². The normalized spacial score (nSPS) is 29.0. The fourth-order valence-electron chi connectivity index (χ4n) is 6.32. The van der Waals surface area contributed by atoms with Gasteiger partial charge in [-0.3, -0.25) is 9.59 Å². The Kier molecular flexibility index (Phi) is 4.74. The molecule has 0 radical (unpaired) electrons. The zero-order valence-corrected chi connectivity index (χ0v) is 19.2. The SMILES string of the molecule is C[C@]12CC[C@](CCOc3cccc(F)c3)(O1)[C@@H]1C(=O)N(c3ccc(C#N)c4ccccc34)C(=O)[C@@H]12. The van der Waals surface area contributed by atoms with Crippen molar-refractivity contribution < 1.29 is 23.5 Å². The van der Waals surface area contributed by atoms with Crippen molar-refractivity contribution in [2.24, 2.45) is 11.8 Å². The van der Waals surface area contributed by atoms with E-state index in [0.29, 0.717) is 47.0 Å². The van der Waals surface area contributed by atoms with Gasteiger partial charge in [0.25, 0.3) is 0 Å². The quantitative estimate of drug-likeness (QED) is 0.503. The number of rotatable bonds is 5. The number of hydrogen-bond donors (Lipinski definition) is 0. The van der Waals surface area contributed by atoms with Crippen LogP contribution < -0.4 is 9.64 Å². The van der Waals surface area contributed by atoms with E-state index in [1.165, 1.54) is 17.0 Å². The van der Waals surface area contributed by atoms with Gasteiger partial charge in [-0.15, -0.1) is 0 Å². The molecule has 2 bridgehead atoms. The summed E-state index contributed by atoms with van der Waals surface area (Å²) in [4.78, 5) is 28.9. The van der Waals surface area contributed by atoms with E-state index >= 15 is 0 Å². The Labute approximate surface area is 201 Å². The maximum atomic E-state index is 13.9. The number of benzene rings is 3. The van der Waals surface area contributed by atoms with E-state index in [4.69, 9.17) is 9.47 Å². The Hall–Kier alpha value is -3.76. The van der Waals surface area contributed by atoms with Gasteiger partial charge in [0.1, 0.15) is 11.6 Å². The monoisotopic (exact) mass is 470 g/mol. The summed E-state index contributed by atoms with van der Waals surface area (Å²) in [5, 5.41) is 10.9. The number of ether oxygens (including phenoxy) is 2. The molecule has 3 heterocycles. The second kappa shape index (κ2) is 7.62. The molecule has 0 saturated carbocycles. The summed E-state index contributed by atoms with van der Waals surface area (Å²) in [6.07, 6.45) is 1.74. The minimum atomic E-state index is -0.809. The predicted octanol–water partition coefficient (Wildman–Crippen LogP) is 4.75. The van der Waals surface area contributed by atoms with Crippen molar-refractivity contribution in [3.8, 4) is 11.8 Å². The first-order valence-electron chi connectivity index (χ1n) is 11.8. The molecule has 35 heavy (non-hydrogen) atoms. The largest absolute Gasteiger partial charge is 0.493 e. The lowest BCUT2D eigenvalue weighted by Crippen LogP contribution is -2.43. The summed E-state index contributed by atoms with van der Waals surface area (Å²) in [5.41, 5.74) is -0.549. The lowest BCUT2D eigenvalue weighted by atomic mass is 9.67. The Balaban J connectivity index is 1.34. The zero-order chi connectivity index (χ0) is 24.4. The maximum absolute atomic E-state index is 13.9. The van der Waals surface area contributed by atoms with Crippen LogP contribution in [0.2, 0.25) is 0 Å². The molecule has 0 aliphatic carbocycles. The molecule has 2 amide bonds. The van der Waals surface area contributed by atoms with Crippen LogP contribution in [0, 0.1) is 29.0 Å². The molecule has 3 aromatic rings. The van der Waals surface area contributed by atoms with E-state index in [9.17, 15) is 19.2 Å². The van der Waals surface area contributed by atoms with Crippen molar-refractivity contribution in [3.63, 3.8) is 0 Å². The maximum Gasteiger partial charge on any atom is 0.240 e. The molecule has 4 atom stereocenters. The Morgan fingerprint density at radius 2 is 1.83 bits per heavy atom. The van der Waals surface area contributed by atoms with Crippen molar-refractivity contribution in [1.82, 2.24) is 0 Å². The van der Waals surface area contributed by atoms with Gasteiger partial charge in [-0.25, -0.2) is 9.29 Å². The van der Waals surface area contributed by atoms with Gasteiger partial charge in [0.15, 0.2) is 0 Å². The van der Waals surface area contributed by atoms with Crippen molar-refractivity contribution in [3.05, 3.63) is 72.0 Å². The van der Waals surface area contributed by atoms with Crippen molar-refractivity contribution in [1.29, 1.82) is 5.26 Å². The number of nitrogens with zero attached hydrogens (tertiary/aromatic N) is 2. The molecule has 6 rings (SSSR count). The number of hydrogen-bond acceptors (Lipinski definition) is 5. The number of halogens is 1. The first kappa shape index (κ1) is 21.8. The highest BCUT2D eigenvalue weighted by Gasteiger charge is 2.73. The van der Waals surface area contributed by atoms with Gasteiger partial charge in [0.2, 0.25) is 11.8 Å². The van der Waals surface area contributed by atoms with Crippen molar-refractivity contribution in [2.45, 2.75) is 37.4 Å². The molecular weight excluding hydrogens is 447 g/mol. The number of carbonyl (C=O) groups excluding carboxylic acids is 2. The highest BCUT2D eigenvalue weighted by Crippen LogP contribution is 2.62. The molecular formula is C28H23FN2O4. The number of nitriles is 1. The smallest absolute Gasteiger partial charge is 0.240 e. The lowest BCUT2D eigenvalue weighted by Gasteiger charge is -2.31. The van der Waals surface area contributed by atoms with E-state index in [1.807, 2.05) is 31.2 Å². The van der Waals surface area contributed by atoms with E-state index in [1.54, 1.807) is 24.3 Å². The molecule has 176 valence electrons. The molecule has 3 aliphatic heterocycles. The summed E-state index contributed by atoms with van der Waals surface area (Å²) in [5.74, 6) is -1.69. The van der Waals surface area contributed by atoms with Crippen LogP contribution in [0.3, 0.4) is 0 Å². The molecule has 0 unspecified atom stereocenters. The summed E-state index contributed by atoms with van der Waals surface area (Å²) in [6.45, 7) is 2.16. The summed E-state index contributed by atoms with van der Waals surface area (Å²) >= 11 is 0. The highest BCUT2D eigenvalue weighted by molar-refractivity contribution is 6.26. The van der Waals surface area contributed by atoms with Gasteiger partial charge in [0.05, 0.1) is 47.0 Å². The van der Waals surface area contributed by atoms with Gasteiger partial charge in [-0.2, -0.15) is 5.26 Å². The summed E-state index contributed by atoms with van der Waals surface area (Å²) in [6, 6.07) is 18.8. The number of imide groups is 1. The van der Waals surface area contributed by atoms with E-state index in [-0.39, 0.29) is 24.2 Å². The third-order valence-electron chi connectivity index (χ3n) is 7.86. The molecule has 3 fully saturated rings. The summed E-state index contributed by atoms with van der Waals surface area (Å²) in [7, 11) is 0. The molecule has 3 aromatic carbocycles. The molecule has 0 spiro atoms. The minimum Gasteiger partial charge on any atom is -0.493 e. The number of fused-ring (bicyclic) bond motifs is 6. The second-order valence-electron chi connectivity index (χ2n) is 9.79. The third-order valence-corrected chi connectivity index (χ3v) is 7.86. The van der Waals surface area contributed by atoms with Gasteiger partial charge < -0.3 is 9.47 Å². The molecule has 0 aromatic heterocycles. The zero-order valence-electron chi connectivity index (χ0n) is 19.2. The van der Waals surface area contributed by atoms with Crippen LogP contribution in [0.25, 0.3) is 10.8 Å². The molecule has 3 saturated heterocycles. The van der Waals surface area contributed by atoms with Crippen LogP contribution in [0.5, 0.6) is 5.75 Å². The number of anilines is 1. The standard InChI is InChI=1S/C28H23FN2O4/c1-27-11-12-28(35-27,13-14-34-19-6-4-5-18(29)15-19)24-23(27)25(32)31(26(24)33)22-10-9-17(16-30)20-7-2-3-8-21(20)22/h2-10,15,23-24H,11-14H2,1H3/t23-,24+,27-,28-/m1/s1. The average Bonchev–Trinajstić information content (AvgIpc) is 3.43. The first-order valence-corrected chi connectivity index (χ1v) is 11.8. The van der Waals surface area contributed by atoms with Gasteiger partial charge in [-0.1, -0.05) is 30.3 Å². The molecule has 6 nitrogen and oxygen atoms in total. The topological polar surface area (TPSA) is 79.6 Å². The number of amides is 2. The Bertz CT molecular complexity index is 1430. The van der Waals surface area contributed by atoms with Crippen molar-refractivity contribution in [2.75, 3.05) is 11.5 Å². The van der Waals surface area contributed by atoms with Crippen LogP contribution in [-0.4, -0.2) is 29.6 Å². The predicted molar refractivity (Wildman–Crippen MR) is 126 cm³/mol. The van der Waals surface area contributed by atoms with Crippen LogP contribution >= 0.6 is 0 Å². The molecule has 0 N–H and O–H groups in total. The minimum absolute atomic E-state index is 0.240. The fourth-order valence-corrected chi connectivity index (χ4v) is 6.32. The van der Waals surface area contributed by atoms with E-state index in [0.717, 1.165) is 0 Å². The molecule has 7 heteroatoms. The fraction of sp³-hybridized carbons (Fsp3) is 0.321. The van der Waals surface area contributed by atoms with Crippen molar-refractivity contribution >= 4 is 28.3 Å². The van der Waals surface area contributed by atoms with Crippen LogP contribution in [0.4, 0.5) is 10.1 Å². The number of carbonyl (C=O) groups is 2. The van der Waals surface area contributed by atoms with Crippen LogP contribution in [-0.2, 0) is 14.3 Å². The summed E-state index contributed by atoms with van der Waals surface area (Å²) < 4.78 is 25.7. The molecule has 3 aliphatic rings. The third kappa shape index (κ3) is 3.10. The van der Waals surface area contributed by atoms with Gasteiger partial charge in [0, 0.05) is 23.3 Å². The van der Waals surface area contributed by atoms with Gasteiger partial charge >= 0.3 is 0 Å². The average molecular weight is 471 g/mol.